The average Bonchev–Trinajstić information content (AvgIpc) is 3.39. The molecule has 0 radical (unpaired) electrons. The maximum Gasteiger partial charge on any atom is -0.172 e. The molecule has 0 aliphatic heterocycles. The van der Waals surface area contributed by atoms with Crippen LogP contribution in [0, 0.1) is 27.7 Å². The van der Waals surface area contributed by atoms with Crippen molar-refractivity contribution in [3.63, 3.8) is 0 Å². The molecule has 0 N–H and O–H groups in total. The fourth-order valence-electron chi connectivity index (χ4n) is 2.77. The molecule has 4 rings (SSSR count). The maximum atomic E-state index is 2.21. The summed E-state index contributed by atoms with van der Waals surface area (Å²) < 4.78 is 1.45. The van der Waals surface area contributed by atoms with Crippen molar-refractivity contribution in [2.24, 2.45) is 0 Å². The Morgan fingerprint density at radius 1 is 0.567 bits per heavy atom. The molecule has 0 heterocycles. The monoisotopic (exact) mass is 512 g/mol. The van der Waals surface area contributed by atoms with E-state index in [0.29, 0.717) is 0 Å². The van der Waals surface area contributed by atoms with Crippen molar-refractivity contribution in [3.05, 3.63) is 130 Å². The van der Waals surface area contributed by atoms with Crippen LogP contribution in [0.4, 0.5) is 0 Å². The second kappa shape index (κ2) is 15.3. The van der Waals surface area contributed by atoms with Gasteiger partial charge in [-0.05, 0) is 0 Å². The summed E-state index contributed by atoms with van der Waals surface area (Å²) in [7, 11) is 0. The average molecular weight is 515 g/mol. The van der Waals surface area contributed by atoms with Crippen molar-refractivity contribution in [2.45, 2.75) is 27.7 Å². The van der Waals surface area contributed by atoms with Crippen LogP contribution < -0.4 is 24.8 Å². The first-order chi connectivity index (χ1) is 13.5. The largest absolute Gasteiger partial charge is 1.00 e. The van der Waals surface area contributed by atoms with Crippen molar-refractivity contribution in [1.29, 1.82) is 0 Å². The van der Waals surface area contributed by atoms with Crippen molar-refractivity contribution >= 4 is 3.21 Å². The zero-order valence-electron chi connectivity index (χ0n) is 18.0. The van der Waals surface area contributed by atoms with Crippen LogP contribution in [0.25, 0.3) is 0 Å². The molecule has 0 amide bonds. The van der Waals surface area contributed by atoms with Gasteiger partial charge >= 0.3 is 112 Å². The molecule has 0 bridgehead atoms. The Morgan fingerprint density at radius 3 is 1.23 bits per heavy atom. The minimum atomic E-state index is 0. The first-order valence-corrected chi connectivity index (χ1v) is 10.8. The number of hydrogen-bond donors (Lipinski definition) is 0. The molecule has 0 saturated heterocycles. The summed E-state index contributed by atoms with van der Waals surface area (Å²) >= 11 is 1.47. The molecule has 0 saturated carbocycles. The molecule has 0 aliphatic carbocycles. The predicted octanol–water partition coefficient (Wildman–Crippen LogP) is 0.855. The van der Waals surface area contributed by atoms with Crippen molar-refractivity contribution in [3.8, 4) is 0 Å². The van der Waals surface area contributed by atoms with Crippen LogP contribution in [0.3, 0.4) is 0 Å². The summed E-state index contributed by atoms with van der Waals surface area (Å²) in [6.45, 7) is 8.60. The topological polar surface area (TPSA) is 0 Å². The van der Waals surface area contributed by atoms with Gasteiger partial charge in [-0.1, -0.05) is 13.8 Å². The Bertz CT molecular complexity index is 900. The van der Waals surface area contributed by atoms with Gasteiger partial charge in [-0.15, -0.1) is 0 Å². The molecule has 156 valence electrons. The van der Waals surface area contributed by atoms with Gasteiger partial charge in [-0.25, -0.2) is 12.1 Å². The quantitative estimate of drug-likeness (QED) is 0.348. The van der Waals surface area contributed by atoms with Crippen LogP contribution in [0.5, 0.6) is 0 Å². The summed E-state index contributed by atoms with van der Waals surface area (Å²) in [4.78, 5) is 0. The first kappa shape index (κ1) is 28.5. The van der Waals surface area contributed by atoms with Gasteiger partial charge in [0.1, 0.15) is 0 Å². The van der Waals surface area contributed by atoms with Gasteiger partial charge in [0.15, 0.2) is 0 Å². The number of hydrogen-bond acceptors (Lipinski definition) is 0. The molecule has 30 heavy (non-hydrogen) atoms. The third kappa shape index (κ3) is 9.09. The molecule has 3 heteroatoms. The summed E-state index contributed by atoms with van der Waals surface area (Å²) in [6.07, 6.45) is 0. The number of benzene rings is 2. The molecule has 0 fully saturated rings. The Morgan fingerprint density at radius 2 is 0.967 bits per heavy atom. The molecular formula is C27H28Cl2Zr-2. The molecule has 0 nitrogen and oxygen atoms in total. The summed E-state index contributed by atoms with van der Waals surface area (Å²) in [6, 6.07) is 33.5. The first-order valence-electron chi connectivity index (χ1n) is 9.57. The molecule has 0 aromatic heterocycles. The fourth-order valence-corrected chi connectivity index (χ4v) is 4.15. The Balaban J connectivity index is 0.000000498. The van der Waals surface area contributed by atoms with Crippen LogP contribution in [0.1, 0.15) is 33.4 Å². The second-order valence-electron chi connectivity index (χ2n) is 6.86. The van der Waals surface area contributed by atoms with E-state index in [4.69, 9.17) is 0 Å². The van der Waals surface area contributed by atoms with Crippen molar-refractivity contribution < 1.29 is 49.0 Å². The van der Waals surface area contributed by atoms with Crippen molar-refractivity contribution in [2.75, 3.05) is 0 Å². The van der Waals surface area contributed by atoms with Crippen molar-refractivity contribution in [1.82, 2.24) is 0 Å². The summed E-state index contributed by atoms with van der Waals surface area (Å²) in [5, 5.41) is 0. The number of aryl methyl sites for hydroxylation is 4. The van der Waals surface area contributed by atoms with Crippen LogP contribution in [-0.4, -0.2) is 3.21 Å². The van der Waals surface area contributed by atoms with E-state index in [0.717, 1.165) is 0 Å². The minimum absolute atomic E-state index is 0. The molecule has 4 aromatic carbocycles. The number of rotatable bonds is 2. The van der Waals surface area contributed by atoms with Gasteiger partial charge in [0.25, 0.3) is 0 Å². The standard InChI is InChI=1S/C15H14.C7H9.C5H5.2ClH.Zr/c1-12-7-3-5-9-14(12)11-15-10-6-4-8-13(15)2;1-6-4-3-5-7(6)2;1-2-4-5-3-1;;;/h3-10H,1-2H3;3-5H,1-2H3;1-5H;2*1H;/q;2*-1;;;+2/p-2. The van der Waals surface area contributed by atoms with Gasteiger partial charge < -0.3 is 24.8 Å². The molecular weight excluding hydrogens is 486 g/mol. The molecule has 4 aromatic rings. The second-order valence-corrected chi connectivity index (χ2v) is 8.09. The number of halogens is 2. The predicted molar refractivity (Wildman–Crippen MR) is 119 cm³/mol. The fraction of sp³-hybridized carbons (Fsp3) is 0.148. The Hall–Kier alpha value is -1.53. The SMILES string of the molecule is Cc1c[cH-]cc1C.Cc1ccccc1[C](=[Zr+2])c1ccccc1C.[Cl-].[Cl-].c1cc[cH-]c1. The zero-order valence-corrected chi connectivity index (χ0v) is 22.0. The molecule has 0 aliphatic rings. The van der Waals surface area contributed by atoms with Gasteiger partial charge in [0, 0.05) is 0 Å². The van der Waals surface area contributed by atoms with E-state index >= 15 is 0 Å². The van der Waals surface area contributed by atoms with E-state index in [9.17, 15) is 0 Å². The van der Waals surface area contributed by atoms with Crippen LogP contribution in [0.2, 0.25) is 0 Å². The van der Waals surface area contributed by atoms with Gasteiger partial charge in [0.2, 0.25) is 0 Å². The van der Waals surface area contributed by atoms with E-state index in [1.165, 1.54) is 60.8 Å². The third-order valence-corrected chi connectivity index (χ3v) is 6.02. The molecule has 0 unspecified atom stereocenters. The van der Waals surface area contributed by atoms with Gasteiger partial charge in [0.05, 0.1) is 0 Å². The van der Waals surface area contributed by atoms with Gasteiger partial charge in [-0.3, -0.25) is 0 Å². The van der Waals surface area contributed by atoms with Gasteiger partial charge in [-0.2, -0.15) is 47.5 Å². The zero-order chi connectivity index (χ0) is 20.4. The van der Waals surface area contributed by atoms with E-state index in [-0.39, 0.29) is 24.8 Å². The Kier molecular flexibility index (Phi) is 14.5. The van der Waals surface area contributed by atoms with E-state index < -0.39 is 0 Å². The van der Waals surface area contributed by atoms with E-state index in [2.05, 4.69) is 94.4 Å². The maximum absolute atomic E-state index is 2.21. The van der Waals surface area contributed by atoms with Crippen LogP contribution in [0.15, 0.2) is 97.1 Å². The summed E-state index contributed by atoms with van der Waals surface area (Å²) in [5.74, 6) is 0. The van der Waals surface area contributed by atoms with E-state index in [1.54, 1.807) is 0 Å². The van der Waals surface area contributed by atoms with E-state index in [1.807, 2.05) is 30.3 Å². The van der Waals surface area contributed by atoms with Crippen LogP contribution >= 0.6 is 0 Å². The Labute approximate surface area is 209 Å². The third-order valence-electron chi connectivity index (χ3n) is 4.70. The molecule has 0 spiro atoms. The molecule has 0 atom stereocenters. The normalized spacial score (nSPS) is 9.00. The smallest absolute Gasteiger partial charge is 0.172 e. The summed E-state index contributed by atoms with van der Waals surface area (Å²) in [5.41, 5.74) is 8.26. The van der Waals surface area contributed by atoms with Crippen LogP contribution in [-0.2, 0) is 24.2 Å². The minimum Gasteiger partial charge on any atom is -1.00 e.